The Morgan fingerprint density at radius 1 is 0.679 bits per heavy atom. The van der Waals surface area contributed by atoms with Gasteiger partial charge in [0, 0.05) is 32.5 Å². The van der Waals surface area contributed by atoms with E-state index in [1.54, 1.807) is 0 Å². The highest BCUT2D eigenvalue weighted by atomic mass is 16.7. The zero-order valence-corrected chi connectivity index (χ0v) is 34.3. The van der Waals surface area contributed by atoms with Gasteiger partial charge in [-0.2, -0.15) is 0 Å². The number of hydrogen-bond donors (Lipinski definition) is 9. The van der Waals surface area contributed by atoms with Crippen LogP contribution in [0, 0.1) is 52.3 Å². The summed E-state index contributed by atoms with van der Waals surface area (Å²) in [6, 6.07) is 0. The molecule has 6 aliphatic rings. The van der Waals surface area contributed by atoms with Crippen molar-refractivity contribution in [1.29, 1.82) is 0 Å². The summed E-state index contributed by atoms with van der Waals surface area (Å²) >= 11 is 0. The van der Waals surface area contributed by atoms with E-state index in [0.29, 0.717) is 44.6 Å². The van der Waals surface area contributed by atoms with Gasteiger partial charge in [-0.3, -0.25) is 0 Å². The van der Waals surface area contributed by atoms with Gasteiger partial charge in [-0.1, -0.05) is 41.0 Å². The average molecular weight is 805 g/mol. The van der Waals surface area contributed by atoms with Crippen LogP contribution in [0.3, 0.4) is 0 Å². The van der Waals surface area contributed by atoms with Crippen molar-refractivity contribution >= 4 is 0 Å². The van der Waals surface area contributed by atoms with Gasteiger partial charge >= 0.3 is 0 Å². The minimum Gasteiger partial charge on any atom is -0.393 e. The van der Waals surface area contributed by atoms with Gasteiger partial charge in [0.15, 0.2) is 12.6 Å². The predicted octanol–water partition coefficient (Wildman–Crippen LogP) is 0.310. The lowest BCUT2D eigenvalue weighted by molar-refractivity contribution is -0.332. The normalized spacial score (nSPS) is 51.9. The fourth-order valence-electron chi connectivity index (χ4n) is 13.1. The smallest absolute Gasteiger partial charge is 0.186 e. The Labute approximate surface area is 331 Å². The standard InChI is InChI=1S/C41H72O15/c1-19(2)21(12-15-53-37-33(49)35(52-7)25(18-55-37)56-38-32(48)34(51-6)24(44)17-54-38)9-8-20(3)27-30(46)31(47)36-40(27,5)14-11-26-39(4)13-10-22(42)29(45)28(39)23(43)16-41(26,36)50/h19-38,42-50H,8-18H2,1-7H3/t20-,21?,22+,23+,24-,25-,26?,27?,28?,29+,30-,31-,32-,33-,34?,35?,36?,37?,38?,39-,40-,41+/m1/s1. The maximum atomic E-state index is 12.7. The minimum atomic E-state index is -1.44. The monoisotopic (exact) mass is 804 g/mol. The molecule has 15 nitrogen and oxygen atoms in total. The first-order chi connectivity index (χ1) is 26.3. The first-order valence-corrected chi connectivity index (χ1v) is 21.1. The molecular formula is C41H72O15. The quantitative estimate of drug-likeness (QED) is 0.122. The van der Waals surface area contributed by atoms with Gasteiger partial charge in [-0.05, 0) is 78.9 Å². The fraction of sp³-hybridized carbons (Fsp3) is 1.00. The van der Waals surface area contributed by atoms with Crippen LogP contribution in [0.15, 0.2) is 0 Å². The van der Waals surface area contributed by atoms with Crippen LogP contribution in [0.25, 0.3) is 0 Å². The number of hydrogen-bond acceptors (Lipinski definition) is 15. The minimum absolute atomic E-state index is 0.00714. The van der Waals surface area contributed by atoms with Gasteiger partial charge in [-0.25, -0.2) is 0 Å². The Kier molecular flexibility index (Phi) is 14.0. The third-order valence-electron chi connectivity index (χ3n) is 15.9. The molecule has 2 heterocycles. The molecular weight excluding hydrogens is 732 g/mol. The summed E-state index contributed by atoms with van der Waals surface area (Å²) in [4.78, 5) is 0. The molecule has 4 aliphatic carbocycles. The highest BCUT2D eigenvalue weighted by molar-refractivity contribution is 5.22. The third kappa shape index (κ3) is 7.77. The van der Waals surface area contributed by atoms with E-state index in [4.69, 9.17) is 28.4 Å². The summed E-state index contributed by atoms with van der Waals surface area (Å²) in [5.41, 5.74) is -2.65. The van der Waals surface area contributed by atoms with Gasteiger partial charge in [0.25, 0.3) is 0 Å². The van der Waals surface area contributed by atoms with Crippen molar-refractivity contribution in [3.63, 3.8) is 0 Å². The van der Waals surface area contributed by atoms with Crippen molar-refractivity contribution in [3.05, 3.63) is 0 Å². The largest absolute Gasteiger partial charge is 0.393 e. The van der Waals surface area contributed by atoms with E-state index in [1.807, 2.05) is 6.92 Å². The van der Waals surface area contributed by atoms with Crippen LogP contribution in [0.4, 0.5) is 0 Å². The van der Waals surface area contributed by atoms with Gasteiger partial charge in [-0.15, -0.1) is 0 Å². The lowest BCUT2D eigenvalue weighted by atomic mass is 9.41. The molecule has 0 aromatic rings. The molecule has 326 valence electrons. The van der Waals surface area contributed by atoms with Crippen LogP contribution in [0.5, 0.6) is 0 Å². The highest BCUT2D eigenvalue weighted by Gasteiger charge is 2.73. The van der Waals surface area contributed by atoms with Crippen LogP contribution in [0.2, 0.25) is 0 Å². The van der Waals surface area contributed by atoms with Gasteiger partial charge < -0.3 is 74.4 Å². The number of aliphatic hydroxyl groups is 9. The number of methoxy groups -OCH3 is 2. The lowest BCUT2D eigenvalue weighted by Crippen LogP contribution is -2.71. The van der Waals surface area contributed by atoms with E-state index in [0.717, 1.165) is 12.8 Å². The molecule has 56 heavy (non-hydrogen) atoms. The van der Waals surface area contributed by atoms with E-state index in [1.165, 1.54) is 14.2 Å². The molecule has 0 bridgehead atoms. The molecule has 6 rings (SSSR count). The molecule has 2 saturated heterocycles. The molecule has 0 amide bonds. The molecule has 0 radical (unpaired) electrons. The summed E-state index contributed by atoms with van der Waals surface area (Å²) in [5.74, 6) is -1.25. The average Bonchev–Trinajstić information content (AvgIpc) is 3.34. The van der Waals surface area contributed by atoms with Crippen molar-refractivity contribution in [2.45, 2.75) is 171 Å². The van der Waals surface area contributed by atoms with Gasteiger partial charge in [0.05, 0.1) is 55.9 Å². The van der Waals surface area contributed by atoms with E-state index in [9.17, 15) is 46.0 Å². The number of ether oxygens (including phenoxy) is 6. The van der Waals surface area contributed by atoms with Crippen molar-refractivity contribution in [1.82, 2.24) is 0 Å². The molecule has 0 aromatic carbocycles. The Morgan fingerprint density at radius 2 is 1.32 bits per heavy atom. The highest BCUT2D eigenvalue weighted by Crippen LogP contribution is 2.70. The number of aliphatic hydroxyl groups excluding tert-OH is 8. The summed E-state index contributed by atoms with van der Waals surface area (Å²) in [7, 11) is 2.82. The maximum absolute atomic E-state index is 12.7. The number of rotatable bonds is 13. The Balaban J connectivity index is 1.04. The van der Waals surface area contributed by atoms with E-state index >= 15 is 0 Å². The molecule has 9 N–H and O–H groups in total. The zero-order chi connectivity index (χ0) is 41.1. The fourth-order valence-corrected chi connectivity index (χ4v) is 13.1. The van der Waals surface area contributed by atoms with Crippen LogP contribution >= 0.6 is 0 Å². The maximum Gasteiger partial charge on any atom is 0.186 e. The molecule has 9 unspecified atom stereocenters. The SMILES string of the molecule is COC1[C@@H](O)C(O[C@@H]2COC(OCCC(CC[C@@H](C)C3[C@@H](O)[C@@H](O)C4[C@]3(C)CCC3[C@@]5(C)CC[C@H](O)[C@H](O)C5[C@@H](O)C[C@]34O)C(C)C)[C@H](O)C2OC)OC[C@H]1O. The lowest BCUT2D eigenvalue weighted by Gasteiger charge is -2.66. The molecule has 0 spiro atoms. The topological polar surface area (TPSA) is 237 Å². The Morgan fingerprint density at radius 3 is 1.98 bits per heavy atom. The second kappa shape index (κ2) is 17.4. The van der Waals surface area contributed by atoms with Crippen LogP contribution in [-0.2, 0) is 28.4 Å². The summed E-state index contributed by atoms with van der Waals surface area (Å²) in [5, 5.41) is 101. The second-order valence-electron chi connectivity index (χ2n) is 19.2. The molecule has 4 saturated carbocycles. The zero-order valence-electron chi connectivity index (χ0n) is 34.3. The van der Waals surface area contributed by atoms with Crippen LogP contribution in [-0.4, -0.2) is 165 Å². The van der Waals surface area contributed by atoms with Crippen molar-refractivity contribution in [2.24, 2.45) is 52.3 Å². The molecule has 22 atom stereocenters. The number of fused-ring (bicyclic) bond motifs is 5. The van der Waals surface area contributed by atoms with E-state index in [-0.39, 0.29) is 43.3 Å². The van der Waals surface area contributed by atoms with E-state index < -0.39 is 108 Å². The predicted molar refractivity (Wildman–Crippen MR) is 200 cm³/mol. The Bertz CT molecular complexity index is 1290. The summed E-state index contributed by atoms with van der Waals surface area (Å²) in [6.07, 6.45) is -8.79. The first kappa shape index (κ1) is 44.9. The van der Waals surface area contributed by atoms with Crippen molar-refractivity contribution in [2.75, 3.05) is 34.0 Å². The van der Waals surface area contributed by atoms with Gasteiger partial charge in [0.1, 0.15) is 36.6 Å². The summed E-state index contributed by atoms with van der Waals surface area (Å²) in [6.45, 7) is 10.8. The Hall–Kier alpha value is -0.600. The first-order valence-electron chi connectivity index (χ1n) is 21.1. The molecule has 0 aromatic heterocycles. The molecule has 6 fully saturated rings. The van der Waals surface area contributed by atoms with Crippen LogP contribution in [0.1, 0.15) is 86.0 Å². The molecule has 15 heteroatoms. The van der Waals surface area contributed by atoms with Crippen molar-refractivity contribution in [3.8, 4) is 0 Å². The van der Waals surface area contributed by atoms with E-state index in [2.05, 4.69) is 27.7 Å². The summed E-state index contributed by atoms with van der Waals surface area (Å²) < 4.78 is 34.2. The van der Waals surface area contributed by atoms with Gasteiger partial charge in [0.2, 0.25) is 0 Å². The van der Waals surface area contributed by atoms with Crippen LogP contribution < -0.4 is 0 Å². The molecule has 2 aliphatic heterocycles. The second-order valence-corrected chi connectivity index (χ2v) is 19.2. The van der Waals surface area contributed by atoms with Crippen molar-refractivity contribution < 1.29 is 74.4 Å². The third-order valence-corrected chi connectivity index (χ3v) is 15.9.